The highest BCUT2D eigenvalue weighted by Gasteiger charge is 2.51. The first-order valence-electron chi connectivity index (χ1n) is 7.60. The number of aliphatic carboxylic acids is 1. The summed E-state index contributed by atoms with van der Waals surface area (Å²) in [6.45, 7) is 0. The Morgan fingerprint density at radius 1 is 1.42 bits per heavy atom. The maximum atomic E-state index is 11.9. The van der Waals surface area contributed by atoms with Crippen molar-refractivity contribution in [2.45, 2.75) is 22.2 Å². The van der Waals surface area contributed by atoms with Gasteiger partial charge in [-0.15, -0.1) is 22.0 Å². The summed E-state index contributed by atoms with van der Waals surface area (Å²) in [5, 5.41) is 17.9. The largest absolute Gasteiger partial charge is 0.477 e. The van der Waals surface area contributed by atoms with Gasteiger partial charge in [-0.1, -0.05) is 23.1 Å². The molecule has 26 heavy (non-hydrogen) atoms. The molecule has 0 aliphatic carbocycles. The third-order valence-corrected chi connectivity index (χ3v) is 7.41. The summed E-state index contributed by atoms with van der Waals surface area (Å²) in [6, 6.07) is -0.636. The first-order valence-corrected chi connectivity index (χ1v) is 10.5. The minimum Gasteiger partial charge on any atom is -0.477 e. The van der Waals surface area contributed by atoms with E-state index in [1.54, 1.807) is 14.1 Å². The van der Waals surface area contributed by atoms with Crippen LogP contribution in [0.1, 0.15) is 5.01 Å². The fraction of sp³-hybridized carbons (Fsp3) is 0.500. The van der Waals surface area contributed by atoms with E-state index in [-0.39, 0.29) is 29.3 Å². The van der Waals surface area contributed by atoms with Gasteiger partial charge in [-0.05, 0) is 5.57 Å². The predicted octanol–water partition coefficient (Wildman–Crippen LogP) is -0.158. The maximum absolute atomic E-state index is 11.9. The number of rotatable bonds is 6. The number of carbonyl (C=O) groups is 3. The van der Waals surface area contributed by atoms with Crippen LogP contribution in [0, 0.1) is 0 Å². The van der Waals surface area contributed by atoms with Crippen LogP contribution >= 0.6 is 34.9 Å². The van der Waals surface area contributed by atoms with Crippen molar-refractivity contribution in [2.75, 3.05) is 25.6 Å². The SMILES string of the molecule is CN(C)C(=O)Cc1nnc(SCC2=C(C(=O)O)N3C(=O)C(N)[C@@H]3SC2)s1. The van der Waals surface area contributed by atoms with E-state index >= 15 is 0 Å². The lowest BCUT2D eigenvalue weighted by Crippen LogP contribution is -2.68. The van der Waals surface area contributed by atoms with Gasteiger partial charge in [0.05, 0.1) is 6.42 Å². The molecule has 2 aliphatic rings. The summed E-state index contributed by atoms with van der Waals surface area (Å²) < 4.78 is 0.655. The Morgan fingerprint density at radius 3 is 2.81 bits per heavy atom. The summed E-state index contributed by atoms with van der Waals surface area (Å²) in [5.74, 6) is -0.655. The number of nitrogens with zero attached hydrogens (tertiary/aromatic N) is 4. The summed E-state index contributed by atoms with van der Waals surface area (Å²) in [4.78, 5) is 38.0. The van der Waals surface area contributed by atoms with Crippen LogP contribution in [0.2, 0.25) is 0 Å². The minimum absolute atomic E-state index is 0.0282. The molecule has 0 bridgehead atoms. The van der Waals surface area contributed by atoms with E-state index in [2.05, 4.69) is 10.2 Å². The number of hydrogen-bond donors (Lipinski definition) is 2. The highest BCUT2D eigenvalue weighted by Crippen LogP contribution is 2.40. The minimum atomic E-state index is -1.12. The molecule has 1 unspecified atom stereocenters. The number of carboxylic acids is 1. The molecule has 1 saturated heterocycles. The lowest BCUT2D eigenvalue weighted by atomic mass is 10.0. The van der Waals surface area contributed by atoms with Crippen LogP contribution in [0.5, 0.6) is 0 Å². The maximum Gasteiger partial charge on any atom is 0.352 e. The standard InChI is InChI=1S/C14H17N5O4S3/c1-18(2)8(20)3-7-16-17-14(26-7)25-5-6-4-24-12-9(15)11(21)19(12)10(6)13(22)23/h9,12H,3-5,15H2,1-2H3,(H,22,23)/t9?,12-/m0/s1. The van der Waals surface area contributed by atoms with E-state index in [4.69, 9.17) is 5.73 Å². The second-order valence-electron chi connectivity index (χ2n) is 5.91. The van der Waals surface area contributed by atoms with Crippen molar-refractivity contribution in [3.8, 4) is 0 Å². The molecule has 1 aromatic heterocycles. The number of aromatic nitrogens is 2. The molecule has 9 nitrogen and oxygen atoms in total. The van der Waals surface area contributed by atoms with Crippen molar-refractivity contribution in [3.63, 3.8) is 0 Å². The molecule has 2 amide bonds. The van der Waals surface area contributed by atoms with Gasteiger partial charge in [0.25, 0.3) is 0 Å². The highest BCUT2D eigenvalue weighted by atomic mass is 32.2. The smallest absolute Gasteiger partial charge is 0.352 e. The van der Waals surface area contributed by atoms with E-state index in [0.717, 1.165) is 0 Å². The van der Waals surface area contributed by atoms with Crippen LogP contribution in [0.25, 0.3) is 0 Å². The van der Waals surface area contributed by atoms with Gasteiger partial charge >= 0.3 is 5.97 Å². The molecule has 2 atom stereocenters. The molecule has 140 valence electrons. The molecular weight excluding hydrogens is 398 g/mol. The van der Waals surface area contributed by atoms with E-state index in [1.165, 1.54) is 44.7 Å². The molecule has 3 rings (SSSR count). The Hall–Kier alpha value is -1.63. The van der Waals surface area contributed by atoms with Crippen LogP contribution in [0.3, 0.4) is 0 Å². The lowest BCUT2D eigenvalue weighted by Gasteiger charge is -2.48. The van der Waals surface area contributed by atoms with Gasteiger partial charge in [0, 0.05) is 25.6 Å². The van der Waals surface area contributed by atoms with E-state index < -0.39 is 12.0 Å². The number of likely N-dealkylation sites (N-methyl/N-ethyl adjacent to an activating group) is 1. The second kappa shape index (κ2) is 7.55. The van der Waals surface area contributed by atoms with Crippen LogP contribution < -0.4 is 5.73 Å². The Labute approximate surface area is 162 Å². The number of amides is 2. The Balaban J connectivity index is 1.69. The fourth-order valence-electron chi connectivity index (χ4n) is 2.50. The number of hydrogen-bond acceptors (Lipinski definition) is 9. The second-order valence-corrected chi connectivity index (χ2v) is 9.30. The Bertz CT molecular complexity index is 793. The van der Waals surface area contributed by atoms with Crippen molar-refractivity contribution in [2.24, 2.45) is 5.73 Å². The van der Waals surface area contributed by atoms with Gasteiger partial charge in [-0.3, -0.25) is 14.5 Å². The number of nitrogens with two attached hydrogens (primary N) is 1. The predicted molar refractivity (Wildman–Crippen MR) is 98.8 cm³/mol. The quantitative estimate of drug-likeness (QED) is 0.481. The zero-order valence-electron chi connectivity index (χ0n) is 14.0. The summed E-state index contributed by atoms with van der Waals surface area (Å²) >= 11 is 4.13. The van der Waals surface area contributed by atoms with Gasteiger partial charge in [0.15, 0.2) is 4.34 Å². The van der Waals surface area contributed by atoms with Crippen molar-refractivity contribution in [1.82, 2.24) is 20.0 Å². The zero-order valence-corrected chi connectivity index (χ0v) is 16.5. The van der Waals surface area contributed by atoms with E-state index in [9.17, 15) is 19.5 Å². The molecule has 0 aromatic carbocycles. The number of β-lactam (4-membered cyclic amide) rings is 1. The van der Waals surface area contributed by atoms with Gasteiger partial charge in [-0.2, -0.15) is 0 Å². The third-order valence-electron chi connectivity index (χ3n) is 3.91. The van der Waals surface area contributed by atoms with Crippen LogP contribution in [-0.2, 0) is 20.8 Å². The summed E-state index contributed by atoms with van der Waals surface area (Å²) in [7, 11) is 3.35. The molecule has 3 heterocycles. The van der Waals surface area contributed by atoms with E-state index in [0.29, 0.717) is 26.4 Å². The lowest BCUT2D eigenvalue weighted by molar-refractivity contribution is -0.147. The molecule has 0 radical (unpaired) electrons. The monoisotopic (exact) mass is 415 g/mol. The van der Waals surface area contributed by atoms with Crippen molar-refractivity contribution < 1.29 is 19.5 Å². The normalized spacial score (nSPS) is 22.1. The molecule has 0 saturated carbocycles. The number of thioether (sulfide) groups is 2. The van der Waals surface area contributed by atoms with Crippen LogP contribution in [-0.4, -0.2) is 79.9 Å². The number of carbonyl (C=O) groups excluding carboxylic acids is 2. The topological polar surface area (TPSA) is 130 Å². The molecule has 1 fully saturated rings. The van der Waals surface area contributed by atoms with Crippen LogP contribution in [0.15, 0.2) is 15.6 Å². The van der Waals surface area contributed by atoms with Crippen molar-refractivity contribution >= 4 is 52.6 Å². The average molecular weight is 416 g/mol. The molecule has 12 heteroatoms. The third kappa shape index (κ3) is 3.59. The highest BCUT2D eigenvalue weighted by molar-refractivity contribution is 8.01. The van der Waals surface area contributed by atoms with Gasteiger partial charge in [0.1, 0.15) is 22.1 Å². The zero-order chi connectivity index (χ0) is 19.0. The van der Waals surface area contributed by atoms with E-state index in [1.807, 2.05) is 0 Å². The summed E-state index contributed by atoms with van der Waals surface area (Å²) in [5.41, 5.74) is 6.42. The fourth-order valence-corrected chi connectivity index (χ4v) is 5.81. The van der Waals surface area contributed by atoms with Crippen LogP contribution in [0.4, 0.5) is 0 Å². The first kappa shape index (κ1) is 19.1. The molecule has 3 N–H and O–H groups in total. The number of fused-ring (bicyclic) bond motifs is 1. The van der Waals surface area contributed by atoms with Gasteiger partial charge < -0.3 is 15.7 Å². The first-order chi connectivity index (χ1) is 12.3. The van der Waals surface area contributed by atoms with Crippen molar-refractivity contribution in [1.29, 1.82) is 0 Å². The molecule has 2 aliphatic heterocycles. The number of carboxylic acid groups (broad SMARTS) is 1. The molecule has 0 spiro atoms. The van der Waals surface area contributed by atoms with Gasteiger partial charge in [-0.25, -0.2) is 4.79 Å². The Morgan fingerprint density at radius 2 is 2.15 bits per heavy atom. The Kier molecular flexibility index (Phi) is 5.55. The average Bonchev–Trinajstić information content (AvgIpc) is 3.05. The summed E-state index contributed by atoms with van der Waals surface area (Å²) in [6.07, 6.45) is 0.187. The molecular formula is C14H17N5O4S3. The van der Waals surface area contributed by atoms with Crippen molar-refractivity contribution in [3.05, 3.63) is 16.3 Å². The van der Waals surface area contributed by atoms with Gasteiger partial charge in [0.2, 0.25) is 11.8 Å². The molecule has 1 aromatic rings.